The minimum Gasteiger partial charge on any atom is -0.508 e. The maximum atomic E-state index is 13.8. The molecule has 1 aliphatic rings. The van der Waals surface area contributed by atoms with Crippen molar-refractivity contribution >= 4 is 11.0 Å². The largest absolute Gasteiger partial charge is 0.508 e. The van der Waals surface area contributed by atoms with Gasteiger partial charge in [0, 0.05) is 29.7 Å². The quantitative estimate of drug-likeness (QED) is 0.0918. The van der Waals surface area contributed by atoms with Crippen LogP contribution in [0.1, 0.15) is 63.9 Å². The molecule has 4 rings (SSSR count). The summed E-state index contributed by atoms with van der Waals surface area (Å²) in [6, 6.07) is 4.39. The Balaban J connectivity index is 1.75. The Morgan fingerprint density at radius 3 is 2.27 bits per heavy atom. The van der Waals surface area contributed by atoms with Gasteiger partial charge in [0.25, 0.3) is 0 Å². The van der Waals surface area contributed by atoms with Crippen molar-refractivity contribution in [1.82, 2.24) is 0 Å². The fourth-order valence-corrected chi connectivity index (χ4v) is 5.55. The summed E-state index contributed by atoms with van der Waals surface area (Å²) in [4.78, 5) is 13.8. The molecule has 0 spiro atoms. The van der Waals surface area contributed by atoms with Crippen LogP contribution in [0.15, 0.2) is 33.5 Å². The second-order valence-electron chi connectivity index (χ2n) is 11.5. The summed E-state index contributed by atoms with van der Waals surface area (Å²) >= 11 is 0. The third-order valence-corrected chi connectivity index (χ3v) is 8.09. The molecule has 2 heterocycles. The van der Waals surface area contributed by atoms with Gasteiger partial charge in [-0.2, -0.15) is 0 Å². The van der Waals surface area contributed by atoms with Gasteiger partial charge in [-0.25, -0.2) is 0 Å². The highest BCUT2D eigenvalue weighted by Crippen LogP contribution is 2.43. The molecule has 0 amide bonds. The number of phenolic OH excluding ortho intramolecular Hbond substituents is 4. The van der Waals surface area contributed by atoms with Gasteiger partial charge in [-0.3, -0.25) is 4.79 Å². The van der Waals surface area contributed by atoms with Gasteiger partial charge in [-0.05, 0) is 18.6 Å². The number of hydrogen-bond acceptors (Lipinski definition) is 13. The van der Waals surface area contributed by atoms with Gasteiger partial charge >= 0.3 is 0 Å². The molecule has 1 aromatic heterocycles. The normalized spacial score (nSPS) is 22.5. The molecule has 0 bridgehead atoms. The second-order valence-corrected chi connectivity index (χ2v) is 11.5. The molecule has 0 aliphatic carbocycles. The van der Waals surface area contributed by atoms with Crippen molar-refractivity contribution in [1.29, 1.82) is 0 Å². The van der Waals surface area contributed by atoms with E-state index in [-0.39, 0.29) is 28.9 Å². The number of hydrogen-bond donors (Lipinski definition) is 9. The lowest BCUT2D eigenvalue weighted by Crippen LogP contribution is -2.60. The van der Waals surface area contributed by atoms with E-state index in [2.05, 4.69) is 6.92 Å². The van der Waals surface area contributed by atoms with Gasteiger partial charge in [-0.1, -0.05) is 51.9 Å². The maximum Gasteiger partial charge on any atom is 0.239 e. The van der Waals surface area contributed by atoms with E-state index in [1.807, 2.05) is 0 Å². The second kappa shape index (κ2) is 15.1. The van der Waals surface area contributed by atoms with E-state index in [0.717, 1.165) is 56.7 Å². The number of aromatic hydroxyl groups is 4. The van der Waals surface area contributed by atoms with Crippen molar-refractivity contribution in [3.05, 3.63) is 40.1 Å². The Labute approximate surface area is 259 Å². The zero-order valence-electron chi connectivity index (χ0n) is 25.0. The first-order valence-electron chi connectivity index (χ1n) is 15.2. The van der Waals surface area contributed by atoms with Gasteiger partial charge in [0.2, 0.25) is 17.5 Å². The number of fused-ring (bicyclic) bond motifs is 1. The van der Waals surface area contributed by atoms with Gasteiger partial charge in [0.05, 0.1) is 12.7 Å². The molecule has 3 aromatic rings. The van der Waals surface area contributed by atoms with Crippen molar-refractivity contribution in [3.8, 4) is 40.1 Å². The summed E-state index contributed by atoms with van der Waals surface area (Å²) in [5, 5.41) is 92.9. The Hall–Kier alpha value is -3.59. The van der Waals surface area contributed by atoms with E-state index in [1.54, 1.807) is 0 Å². The van der Waals surface area contributed by atoms with Gasteiger partial charge in [0.15, 0.2) is 17.3 Å². The molecule has 2 unspecified atom stereocenters. The van der Waals surface area contributed by atoms with Crippen LogP contribution in [-0.2, 0) is 11.2 Å². The predicted octanol–water partition coefficient (Wildman–Crippen LogP) is 2.51. The fraction of sp³-hybridized carbons (Fsp3) is 0.531. The third-order valence-electron chi connectivity index (χ3n) is 8.09. The van der Waals surface area contributed by atoms with Crippen LogP contribution in [0.2, 0.25) is 0 Å². The van der Waals surface area contributed by atoms with Crippen LogP contribution in [0.4, 0.5) is 0 Å². The van der Waals surface area contributed by atoms with Crippen molar-refractivity contribution in [2.75, 3.05) is 6.61 Å². The molecule has 248 valence electrons. The smallest absolute Gasteiger partial charge is 0.239 e. The van der Waals surface area contributed by atoms with Crippen LogP contribution in [0.3, 0.4) is 0 Å². The number of benzene rings is 2. The van der Waals surface area contributed by atoms with Crippen LogP contribution >= 0.6 is 0 Å². The Morgan fingerprint density at radius 2 is 1.58 bits per heavy atom. The first-order valence-corrected chi connectivity index (χ1v) is 15.2. The number of aliphatic hydroxyl groups is 5. The number of unbranched alkanes of at least 4 members (excludes halogenated alkanes) is 6. The molecule has 9 N–H and O–H groups in total. The van der Waals surface area contributed by atoms with Crippen molar-refractivity contribution in [2.45, 2.75) is 102 Å². The molecule has 13 heteroatoms. The summed E-state index contributed by atoms with van der Waals surface area (Å²) in [6.45, 7) is 1.37. The van der Waals surface area contributed by atoms with Gasteiger partial charge in [0.1, 0.15) is 46.9 Å². The SMILES string of the molecule is CCCCCCCCCC(O)Cc1c(-c2oc3cc(O)cc(O)c3c(=O)c2O[C@@H]2O[C@H](CO)[C@H](O)[C@H](O)C2O)ccc(O)c1O. The number of aliphatic hydroxyl groups excluding tert-OH is 5. The highest BCUT2D eigenvalue weighted by Gasteiger charge is 2.45. The van der Waals surface area contributed by atoms with Crippen LogP contribution in [0.25, 0.3) is 22.3 Å². The van der Waals surface area contributed by atoms with E-state index in [1.165, 1.54) is 12.5 Å². The highest BCUT2D eigenvalue weighted by molar-refractivity contribution is 5.89. The fourth-order valence-electron chi connectivity index (χ4n) is 5.55. The topological polar surface area (TPSA) is 231 Å². The van der Waals surface area contributed by atoms with Gasteiger partial charge < -0.3 is 59.8 Å². The molecule has 6 atom stereocenters. The predicted molar refractivity (Wildman–Crippen MR) is 161 cm³/mol. The monoisotopic (exact) mass is 634 g/mol. The first kappa shape index (κ1) is 34.3. The zero-order valence-corrected chi connectivity index (χ0v) is 25.0. The average Bonchev–Trinajstić information content (AvgIpc) is 3.00. The molecule has 1 fully saturated rings. The standard InChI is InChI=1S/C32H42O13/c1-2-3-4-5-6-7-8-9-16(34)12-19-18(10-11-20(36)25(19)38)30-31(27(40)24-21(37)13-17(35)14-22(24)43-30)45-32-29(42)28(41)26(39)23(15-33)44-32/h10-11,13-14,16,23,26,28-29,32-39,41-42H,2-9,12,15H2,1H3/t16?,23-,26+,28+,29?,32+/m1/s1. The molecule has 0 saturated carbocycles. The van der Waals surface area contributed by atoms with E-state index >= 15 is 0 Å². The van der Waals surface area contributed by atoms with E-state index < -0.39 is 83.0 Å². The first-order chi connectivity index (χ1) is 21.5. The lowest BCUT2D eigenvalue weighted by Gasteiger charge is -2.39. The number of phenols is 4. The van der Waals surface area contributed by atoms with Crippen molar-refractivity contribution in [2.24, 2.45) is 0 Å². The summed E-state index contributed by atoms with van der Waals surface area (Å²) < 4.78 is 17.1. The van der Waals surface area contributed by atoms with E-state index in [0.29, 0.717) is 6.42 Å². The molecule has 13 nitrogen and oxygen atoms in total. The van der Waals surface area contributed by atoms with E-state index in [9.17, 15) is 50.8 Å². The average molecular weight is 635 g/mol. The number of ether oxygens (including phenoxy) is 2. The van der Waals surface area contributed by atoms with Crippen LogP contribution in [-0.4, -0.2) is 89.4 Å². The summed E-state index contributed by atoms with van der Waals surface area (Å²) in [5.74, 6) is -3.25. The minimum absolute atomic E-state index is 0.00373. The molecular weight excluding hydrogens is 592 g/mol. The summed E-state index contributed by atoms with van der Waals surface area (Å²) in [6.07, 6.45) is -2.16. The molecular formula is C32H42O13. The lowest BCUT2D eigenvalue weighted by molar-refractivity contribution is -0.277. The molecule has 0 radical (unpaired) electrons. The molecule has 1 aliphatic heterocycles. The molecule has 2 aromatic carbocycles. The minimum atomic E-state index is -1.91. The third kappa shape index (κ3) is 7.63. The zero-order chi connectivity index (χ0) is 32.8. The van der Waals surface area contributed by atoms with Crippen LogP contribution < -0.4 is 10.2 Å². The van der Waals surface area contributed by atoms with Crippen molar-refractivity contribution < 1.29 is 59.8 Å². The molecule has 45 heavy (non-hydrogen) atoms. The molecule has 1 saturated heterocycles. The lowest BCUT2D eigenvalue weighted by atomic mass is 9.94. The Bertz CT molecular complexity index is 1500. The summed E-state index contributed by atoms with van der Waals surface area (Å²) in [5.41, 5.74) is -1.29. The Kier molecular flexibility index (Phi) is 11.5. The van der Waals surface area contributed by atoms with Crippen molar-refractivity contribution in [3.63, 3.8) is 0 Å². The van der Waals surface area contributed by atoms with Gasteiger partial charge in [-0.15, -0.1) is 0 Å². The van der Waals surface area contributed by atoms with Crippen LogP contribution in [0.5, 0.6) is 28.7 Å². The Morgan fingerprint density at radius 1 is 0.889 bits per heavy atom. The number of rotatable bonds is 14. The van der Waals surface area contributed by atoms with E-state index in [4.69, 9.17) is 13.9 Å². The highest BCUT2D eigenvalue weighted by atomic mass is 16.7. The van der Waals surface area contributed by atoms with Crippen LogP contribution in [0, 0.1) is 0 Å². The summed E-state index contributed by atoms with van der Waals surface area (Å²) in [7, 11) is 0. The maximum absolute atomic E-state index is 13.8.